The summed E-state index contributed by atoms with van der Waals surface area (Å²) < 4.78 is 0. The maximum absolute atomic E-state index is 6.53. The SMILES string of the molecule is CCC(Cl)(CC)CCCCCCCC(Cl)(CC)CC. The van der Waals surface area contributed by atoms with Crippen molar-refractivity contribution in [1.82, 2.24) is 0 Å². The van der Waals surface area contributed by atoms with Gasteiger partial charge in [-0.05, 0) is 38.5 Å². The summed E-state index contributed by atoms with van der Waals surface area (Å²) in [7, 11) is 0. The molecular weight excluding hydrogens is 275 g/mol. The molecule has 0 aromatic carbocycles. The molecule has 0 bridgehead atoms. The number of halogens is 2. The molecule has 0 aliphatic rings. The second-order valence-electron chi connectivity index (χ2n) is 5.98. The molecule has 0 heterocycles. The maximum Gasteiger partial charge on any atom is 0.0441 e. The molecule has 0 N–H and O–H groups in total. The van der Waals surface area contributed by atoms with E-state index in [-0.39, 0.29) is 9.75 Å². The third-order valence-electron chi connectivity index (χ3n) is 4.78. The lowest BCUT2D eigenvalue weighted by molar-refractivity contribution is 0.441. The van der Waals surface area contributed by atoms with Crippen molar-refractivity contribution in [2.75, 3.05) is 0 Å². The largest absolute Gasteiger partial charge is 0.119 e. The first-order chi connectivity index (χ1) is 8.95. The van der Waals surface area contributed by atoms with E-state index < -0.39 is 0 Å². The number of rotatable bonds is 12. The van der Waals surface area contributed by atoms with Gasteiger partial charge in [0.2, 0.25) is 0 Å². The van der Waals surface area contributed by atoms with E-state index in [0.29, 0.717) is 0 Å². The highest BCUT2D eigenvalue weighted by Gasteiger charge is 2.22. The highest BCUT2D eigenvalue weighted by atomic mass is 35.5. The topological polar surface area (TPSA) is 0 Å². The Balaban J connectivity index is 3.56. The van der Waals surface area contributed by atoms with Gasteiger partial charge < -0.3 is 0 Å². The van der Waals surface area contributed by atoms with Crippen LogP contribution in [0.5, 0.6) is 0 Å². The first-order valence-electron chi connectivity index (χ1n) is 8.33. The summed E-state index contributed by atoms with van der Waals surface area (Å²) in [6.07, 6.45) is 13.2. The van der Waals surface area contributed by atoms with Crippen molar-refractivity contribution in [2.45, 2.75) is 108 Å². The number of hydrogen-bond acceptors (Lipinski definition) is 0. The molecule has 0 rings (SSSR count). The van der Waals surface area contributed by atoms with Crippen molar-refractivity contribution in [3.63, 3.8) is 0 Å². The number of unbranched alkanes of at least 4 members (excludes halogenated alkanes) is 4. The summed E-state index contributed by atoms with van der Waals surface area (Å²) >= 11 is 13.1. The molecular formula is C17H34Cl2. The van der Waals surface area contributed by atoms with Crippen molar-refractivity contribution in [2.24, 2.45) is 0 Å². The Morgan fingerprint density at radius 1 is 0.526 bits per heavy atom. The summed E-state index contributed by atoms with van der Waals surface area (Å²) in [5, 5.41) is 0. The molecule has 0 atom stereocenters. The van der Waals surface area contributed by atoms with Crippen LogP contribution in [0, 0.1) is 0 Å². The second-order valence-corrected chi connectivity index (χ2v) is 7.59. The minimum Gasteiger partial charge on any atom is -0.119 e. The second kappa shape index (κ2) is 10.3. The van der Waals surface area contributed by atoms with Gasteiger partial charge in [0.1, 0.15) is 0 Å². The standard InChI is InChI=1S/C17H34Cl2/c1-5-16(18,6-2)14-12-10-9-11-13-15-17(19,7-3)8-4/h5-15H2,1-4H3. The average molecular weight is 309 g/mol. The van der Waals surface area contributed by atoms with Crippen molar-refractivity contribution >= 4 is 23.2 Å². The molecule has 0 spiro atoms. The Kier molecular flexibility index (Phi) is 10.6. The Bertz CT molecular complexity index is 183. The van der Waals surface area contributed by atoms with E-state index in [4.69, 9.17) is 23.2 Å². The summed E-state index contributed by atoms with van der Waals surface area (Å²) in [5.74, 6) is 0. The maximum atomic E-state index is 6.53. The average Bonchev–Trinajstić information content (AvgIpc) is 2.45. The third-order valence-corrected chi connectivity index (χ3v) is 6.23. The molecule has 0 saturated heterocycles. The first kappa shape index (κ1) is 19.6. The van der Waals surface area contributed by atoms with E-state index in [1.54, 1.807) is 0 Å². The van der Waals surface area contributed by atoms with E-state index in [1.807, 2.05) is 0 Å². The van der Waals surface area contributed by atoms with Crippen molar-refractivity contribution in [3.8, 4) is 0 Å². The van der Waals surface area contributed by atoms with Crippen LogP contribution in [0.25, 0.3) is 0 Å². The van der Waals surface area contributed by atoms with Crippen LogP contribution in [-0.4, -0.2) is 9.75 Å². The van der Waals surface area contributed by atoms with Gasteiger partial charge in [0.15, 0.2) is 0 Å². The summed E-state index contributed by atoms with van der Waals surface area (Å²) in [4.78, 5) is 0.130. The van der Waals surface area contributed by atoms with Crippen LogP contribution < -0.4 is 0 Å². The van der Waals surface area contributed by atoms with Gasteiger partial charge in [-0.25, -0.2) is 0 Å². The van der Waals surface area contributed by atoms with Gasteiger partial charge in [-0.15, -0.1) is 23.2 Å². The van der Waals surface area contributed by atoms with Crippen LogP contribution in [0.2, 0.25) is 0 Å². The van der Waals surface area contributed by atoms with E-state index >= 15 is 0 Å². The molecule has 2 heteroatoms. The Hall–Kier alpha value is 0.580. The fraction of sp³-hybridized carbons (Fsp3) is 1.00. The molecule has 0 nitrogen and oxygen atoms in total. The van der Waals surface area contributed by atoms with Gasteiger partial charge >= 0.3 is 0 Å². The van der Waals surface area contributed by atoms with Crippen molar-refractivity contribution in [1.29, 1.82) is 0 Å². The van der Waals surface area contributed by atoms with Gasteiger partial charge in [0.05, 0.1) is 0 Å². The monoisotopic (exact) mass is 308 g/mol. The molecule has 116 valence electrons. The minimum atomic E-state index is 0.0652. The van der Waals surface area contributed by atoms with Crippen molar-refractivity contribution < 1.29 is 0 Å². The van der Waals surface area contributed by atoms with Gasteiger partial charge in [-0.3, -0.25) is 0 Å². The molecule has 0 amide bonds. The zero-order valence-electron chi connectivity index (χ0n) is 13.5. The molecule has 0 aliphatic heterocycles. The van der Waals surface area contributed by atoms with Gasteiger partial charge in [0, 0.05) is 9.75 Å². The van der Waals surface area contributed by atoms with E-state index in [2.05, 4.69) is 27.7 Å². The molecule has 0 aromatic heterocycles. The lowest BCUT2D eigenvalue weighted by atomic mass is 9.93. The van der Waals surface area contributed by atoms with Gasteiger partial charge in [-0.1, -0.05) is 59.8 Å². The van der Waals surface area contributed by atoms with Crippen LogP contribution in [0.15, 0.2) is 0 Å². The predicted molar refractivity (Wildman–Crippen MR) is 90.7 cm³/mol. The molecule has 0 aliphatic carbocycles. The number of hydrogen-bond donors (Lipinski definition) is 0. The smallest absolute Gasteiger partial charge is 0.0441 e. The lowest BCUT2D eigenvalue weighted by Crippen LogP contribution is -2.18. The van der Waals surface area contributed by atoms with Crippen LogP contribution >= 0.6 is 23.2 Å². The van der Waals surface area contributed by atoms with Crippen LogP contribution in [-0.2, 0) is 0 Å². The first-order valence-corrected chi connectivity index (χ1v) is 9.08. The van der Waals surface area contributed by atoms with Crippen LogP contribution in [0.1, 0.15) is 98.3 Å². The normalized spacial score (nSPS) is 12.9. The molecule has 0 saturated carbocycles. The summed E-state index contributed by atoms with van der Waals surface area (Å²) in [6, 6.07) is 0. The summed E-state index contributed by atoms with van der Waals surface area (Å²) in [5.41, 5.74) is 0. The Labute approximate surface area is 131 Å². The third kappa shape index (κ3) is 8.45. The fourth-order valence-corrected chi connectivity index (χ4v) is 2.89. The van der Waals surface area contributed by atoms with E-state index in [9.17, 15) is 0 Å². The zero-order chi connectivity index (χ0) is 14.8. The van der Waals surface area contributed by atoms with Crippen molar-refractivity contribution in [3.05, 3.63) is 0 Å². The van der Waals surface area contributed by atoms with Gasteiger partial charge in [0.25, 0.3) is 0 Å². The van der Waals surface area contributed by atoms with Crippen LogP contribution in [0.4, 0.5) is 0 Å². The molecule has 0 unspecified atom stereocenters. The van der Waals surface area contributed by atoms with Gasteiger partial charge in [-0.2, -0.15) is 0 Å². The lowest BCUT2D eigenvalue weighted by Gasteiger charge is -2.24. The highest BCUT2D eigenvalue weighted by Crippen LogP contribution is 2.32. The highest BCUT2D eigenvalue weighted by molar-refractivity contribution is 6.24. The number of alkyl halides is 2. The predicted octanol–water partition coefficient (Wildman–Crippen LogP) is 7.31. The minimum absolute atomic E-state index is 0.0652. The molecule has 19 heavy (non-hydrogen) atoms. The molecule has 0 aromatic rings. The summed E-state index contributed by atoms with van der Waals surface area (Å²) in [6.45, 7) is 8.80. The van der Waals surface area contributed by atoms with E-state index in [1.165, 1.54) is 44.9 Å². The zero-order valence-corrected chi connectivity index (χ0v) is 15.0. The fourth-order valence-electron chi connectivity index (χ4n) is 2.62. The molecule has 0 radical (unpaired) electrons. The Morgan fingerprint density at radius 2 is 0.789 bits per heavy atom. The Morgan fingerprint density at radius 3 is 1.05 bits per heavy atom. The van der Waals surface area contributed by atoms with E-state index in [0.717, 1.165) is 25.7 Å². The quantitative estimate of drug-likeness (QED) is 0.262. The molecule has 0 fully saturated rings. The van der Waals surface area contributed by atoms with Crippen LogP contribution in [0.3, 0.4) is 0 Å².